The molecule has 0 amide bonds. The topological polar surface area (TPSA) is 35.5 Å². The van der Waals surface area contributed by atoms with Gasteiger partial charge in [-0.1, -0.05) is 28.1 Å². The number of hydrogen-bond donors (Lipinski definition) is 0. The van der Waals surface area contributed by atoms with Crippen LogP contribution in [0.4, 0.5) is 0 Å². The normalized spacial score (nSPS) is 23.6. The maximum atomic E-state index is 11.9. The van der Waals surface area contributed by atoms with Gasteiger partial charge >= 0.3 is 5.97 Å². The maximum absolute atomic E-state index is 11.9. The molecule has 1 unspecified atom stereocenters. The van der Waals surface area contributed by atoms with Crippen molar-refractivity contribution in [2.24, 2.45) is 0 Å². The van der Waals surface area contributed by atoms with E-state index in [-0.39, 0.29) is 5.97 Å². The van der Waals surface area contributed by atoms with Crippen LogP contribution in [0.2, 0.25) is 0 Å². The van der Waals surface area contributed by atoms with E-state index in [0.29, 0.717) is 13.0 Å². The van der Waals surface area contributed by atoms with Crippen molar-refractivity contribution in [3.05, 3.63) is 34.3 Å². The molecule has 0 aromatic heterocycles. The molecule has 0 aliphatic carbocycles. The molecule has 17 heavy (non-hydrogen) atoms. The van der Waals surface area contributed by atoms with Crippen LogP contribution in [0.25, 0.3) is 0 Å². The molecular formula is C13H15BrO3. The summed E-state index contributed by atoms with van der Waals surface area (Å²) in [5.74, 6) is -0.266. The molecule has 1 fully saturated rings. The van der Waals surface area contributed by atoms with Crippen LogP contribution in [0, 0.1) is 0 Å². The Morgan fingerprint density at radius 1 is 1.47 bits per heavy atom. The summed E-state index contributed by atoms with van der Waals surface area (Å²) in [6.45, 7) is 0.631. The Morgan fingerprint density at radius 2 is 2.18 bits per heavy atom. The fraction of sp³-hybridized carbons (Fsp3) is 0.462. The number of halogens is 1. The Hall–Kier alpha value is -0.870. The van der Waals surface area contributed by atoms with Crippen LogP contribution in [0.1, 0.15) is 18.4 Å². The molecule has 0 spiro atoms. The monoisotopic (exact) mass is 298 g/mol. The van der Waals surface area contributed by atoms with Gasteiger partial charge in [0.25, 0.3) is 0 Å². The largest absolute Gasteiger partial charge is 0.467 e. The van der Waals surface area contributed by atoms with E-state index in [9.17, 15) is 4.79 Å². The molecule has 3 nitrogen and oxygen atoms in total. The van der Waals surface area contributed by atoms with Crippen molar-refractivity contribution in [1.29, 1.82) is 0 Å². The van der Waals surface area contributed by atoms with Crippen LogP contribution in [-0.2, 0) is 20.7 Å². The number of esters is 1. The molecule has 1 atom stereocenters. The second-order valence-electron chi connectivity index (χ2n) is 4.24. The summed E-state index contributed by atoms with van der Waals surface area (Å²) in [5, 5.41) is 0. The molecule has 0 N–H and O–H groups in total. The third-order valence-electron chi connectivity index (χ3n) is 3.06. The highest BCUT2D eigenvalue weighted by molar-refractivity contribution is 9.10. The fourth-order valence-corrected chi connectivity index (χ4v) is 2.45. The molecule has 0 radical (unpaired) electrons. The smallest absolute Gasteiger partial charge is 0.338 e. The molecule has 1 aliphatic rings. The van der Waals surface area contributed by atoms with Gasteiger partial charge in [-0.15, -0.1) is 0 Å². The van der Waals surface area contributed by atoms with E-state index < -0.39 is 5.60 Å². The van der Waals surface area contributed by atoms with E-state index in [0.717, 1.165) is 22.9 Å². The third kappa shape index (κ3) is 2.69. The van der Waals surface area contributed by atoms with E-state index in [1.807, 2.05) is 24.3 Å². The molecule has 0 saturated carbocycles. The van der Waals surface area contributed by atoms with Gasteiger partial charge in [0, 0.05) is 17.5 Å². The summed E-state index contributed by atoms with van der Waals surface area (Å²) >= 11 is 3.39. The van der Waals surface area contributed by atoms with Gasteiger partial charge in [0.05, 0.1) is 7.11 Å². The summed E-state index contributed by atoms with van der Waals surface area (Å²) in [4.78, 5) is 11.9. The lowest BCUT2D eigenvalue weighted by atomic mass is 9.92. The second kappa shape index (κ2) is 5.19. The van der Waals surface area contributed by atoms with Gasteiger partial charge in [0.1, 0.15) is 0 Å². The quantitative estimate of drug-likeness (QED) is 0.805. The minimum absolute atomic E-state index is 0.266. The first kappa shape index (κ1) is 12.6. The van der Waals surface area contributed by atoms with E-state index in [1.165, 1.54) is 7.11 Å². The molecule has 1 saturated heterocycles. The van der Waals surface area contributed by atoms with Crippen LogP contribution in [0.3, 0.4) is 0 Å². The molecular weight excluding hydrogens is 284 g/mol. The number of ether oxygens (including phenoxy) is 2. The molecule has 2 rings (SSSR count). The summed E-state index contributed by atoms with van der Waals surface area (Å²) in [5.41, 5.74) is 0.309. The molecule has 1 heterocycles. The van der Waals surface area contributed by atoms with Gasteiger partial charge in [-0.25, -0.2) is 4.79 Å². The van der Waals surface area contributed by atoms with Crippen molar-refractivity contribution < 1.29 is 14.3 Å². The van der Waals surface area contributed by atoms with Crippen LogP contribution >= 0.6 is 15.9 Å². The highest BCUT2D eigenvalue weighted by Crippen LogP contribution is 2.31. The molecule has 92 valence electrons. The Morgan fingerprint density at radius 3 is 2.71 bits per heavy atom. The first-order valence-corrected chi connectivity index (χ1v) is 6.42. The van der Waals surface area contributed by atoms with Crippen LogP contribution in [-0.4, -0.2) is 25.3 Å². The SMILES string of the molecule is COC(=O)C1(Cc2ccc(Br)cc2)CCCO1. The number of rotatable bonds is 3. The van der Waals surface area contributed by atoms with E-state index in [2.05, 4.69) is 15.9 Å². The van der Waals surface area contributed by atoms with E-state index in [1.54, 1.807) is 0 Å². The molecule has 1 aliphatic heterocycles. The molecule has 4 heteroatoms. The van der Waals surface area contributed by atoms with Gasteiger partial charge in [0.2, 0.25) is 0 Å². The number of carbonyl (C=O) groups is 1. The number of benzene rings is 1. The van der Waals surface area contributed by atoms with Crippen molar-refractivity contribution in [3.8, 4) is 0 Å². The predicted octanol–water partition coefficient (Wildman–Crippen LogP) is 2.71. The van der Waals surface area contributed by atoms with Gasteiger partial charge in [-0.05, 0) is 30.5 Å². The lowest BCUT2D eigenvalue weighted by Crippen LogP contribution is -2.41. The molecule has 1 aromatic rings. The highest BCUT2D eigenvalue weighted by atomic mass is 79.9. The summed E-state index contributed by atoms with van der Waals surface area (Å²) in [6, 6.07) is 7.93. The van der Waals surface area contributed by atoms with Crippen molar-refractivity contribution in [3.63, 3.8) is 0 Å². The second-order valence-corrected chi connectivity index (χ2v) is 5.16. The lowest BCUT2D eigenvalue weighted by Gasteiger charge is -2.25. The highest BCUT2D eigenvalue weighted by Gasteiger charge is 2.43. The van der Waals surface area contributed by atoms with Crippen molar-refractivity contribution in [1.82, 2.24) is 0 Å². The predicted molar refractivity (Wildman–Crippen MR) is 67.8 cm³/mol. The average Bonchev–Trinajstić information content (AvgIpc) is 2.81. The van der Waals surface area contributed by atoms with Crippen LogP contribution < -0.4 is 0 Å². The van der Waals surface area contributed by atoms with Crippen LogP contribution in [0.5, 0.6) is 0 Å². The Balaban J connectivity index is 2.18. The van der Waals surface area contributed by atoms with Crippen molar-refractivity contribution in [2.75, 3.05) is 13.7 Å². The van der Waals surface area contributed by atoms with Gasteiger partial charge in [0.15, 0.2) is 5.60 Å². The third-order valence-corrected chi connectivity index (χ3v) is 3.59. The Kier molecular flexibility index (Phi) is 3.84. The van der Waals surface area contributed by atoms with Gasteiger partial charge < -0.3 is 9.47 Å². The first-order chi connectivity index (χ1) is 8.16. The zero-order valence-corrected chi connectivity index (χ0v) is 11.3. The van der Waals surface area contributed by atoms with Gasteiger partial charge in [-0.3, -0.25) is 0 Å². The standard InChI is InChI=1S/C13H15BrO3/c1-16-12(15)13(7-2-8-17-13)9-10-3-5-11(14)6-4-10/h3-6H,2,7-9H2,1H3. The minimum Gasteiger partial charge on any atom is -0.467 e. The minimum atomic E-state index is -0.775. The van der Waals surface area contributed by atoms with Crippen LogP contribution in [0.15, 0.2) is 28.7 Å². The lowest BCUT2D eigenvalue weighted by molar-refractivity contribution is -0.163. The number of methoxy groups -OCH3 is 1. The van der Waals surface area contributed by atoms with Crippen molar-refractivity contribution >= 4 is 21.9 Å². The number of hydrogen-bond acceptors (Lipinski definition) is 3. The summed E-state index contributed by atoms with van der Waals surface area (Å²) < 4.78 is 11.5. The molecule has 0 bridgehead atoms. The van der Waals surface area contributed by atoms with Crippen molar-refractivity contribution in [2.45, 2.75) is 24.9 Å². The maximum Gasteiger partial charge on any atom is 0.338 e. The summed E-state index contributed by atoms with van der Waals surface area (Å²) in [7, 11) is 1.41. The Bertz CT molecular complexity index is 394. The Labute approximate surface area is 109 Å². The summed E-state index contributed by atoms with van der Waals surface area (Å²) in [6.07, 6.45) is 2.22. The van der Waals surface area contributed by atoms with E-state index >= 15 is 0 Å². The zero-order valence-electron chi connectivity index (χ0n) is 9.74. The average molecular weight is 299 g/mol. The first-order valence-electron chi connectivity index (χ1n) is 5.63. The molecule has 1 aromatic carbocycles. The fourth-order valence-electron chi connectivity index (χ4n) is 2.19. The van der Waals surface area contributed by atoms with E-state index in [4.69, 9.17) is 9.47 Å². The van der Waals surface area contributed by atoms with Gasteiger partial charge in [-0.2, -0.15) is 0 Å². The zero-order chi connectivity index (χ0) is 12.3. The number of carbonyl (C=O) groups excluding carboxylic acids is 1.